The smallest absolute Gasteiger partial charge is 0.122 e. The number of nitrogens with zero attached hydrogens (tertiary/aromatic N) is 1. The predicted molar refractivity (Wildman–Crippen MR) is 72.6 cm³/mol. The van der Waals surface area contributed by atoms with Crippen LogP contribution in [0.15, 0.2) is 6.07 Å². The van der Waals surface area contributed by atoms with Crippen molar-refractivity contribution in [2.45, 2.75) is 26.1 Å². The number of benzene rings is 1. The van der Waals surface area contributed by atoms with Crippen LogP contribution in [0.3, 0.4) is 0 Å². The molecule has 1 atom stereocenters. The van der Waals surface area contributed by atoms with Crippen LogP contribution in [0.2, 0.25) is 0 Å². The summed E-state index contributed by atoms with van der Waals surface area (Å²) < 4.78 is 5.36. The standard InChI is InChI=1S/C13H21NOS/c1-8-7-11(15-6)9(2)10(3)12(8)13(16)14(4)5/h7,13,16H,1-6H3. The van der Waals surface area contributed by atoms with Crippen molar-refractivity contribution in [1.29, 1.82) is 0 Å². The van der Waals surface area contributed by atoms with Crippen molar-refractivity contribution in [3.05, 3.63) is 28.3 Å². The van der Waals surface area contributed by atoms with Crippen LogP contribution < -0.4 is 4.74 Å². The van der Waals surface area contributed by atoms with Crippen molar-refractivity contribution in [2.24, 2.45) is 0 Å². The fraction of sp³-hybridized carbons (Fsp3) is 0.538. The second-order valence-electron chi connectivity index (χ2n) is 4.40. The van der Waals surface area contributed by atoms with Gasteiger partial charge in [-0.05, 0) is 63.2 Å². The Labute approximate surface area is 104 Å². The largest absolute Gasteiger partial charge is 0.496 e. The summed E-state index contributed by atoms with van der Waals surface area (Å²) in [6.07, 6.45) is 0. The zero-order chi connectivity index (χ0) is 12.5. The van der Waals surface area contributed by atoms with Crippen LogP contribution in [0.25, 0.3) is 0 Å². The minimum absolute atomic E-state index is 0.129. The predicted octanol–water partition coefficient (Wildman–Crippen LogP) is 3.11. The molecule has 0 aliphatic carbocycles. The van der Waals surface area contributed by atoms with Crippen molar-refractivity contribution in [3.63, 3.8) is 0 Å². The molecule has 0 saturated heterocycles. The number of thiol groups is 1. The summed E-state index contributed by atoms with van der Waals surface area (Å²) in [6, 6.07) is 2.09. The second kappa shape index (κ2) is 5.11. The van der Waals surface area contributed by atoms with Gasteiger partial charge < -0.3 is 4.74 Å². The van der Waals surface area contributed by atoms with E-state index in [1.165, 1.54) is 22.3 Å². The minimum Gasteiger partial charge on any atom is -0.496 e. The monoisotopic (exact) mass is 239 g/mol. The topological polar surface area (TPSA) is 12.5 Å². The normalized spacial score (nSPS) is 13.0. The Bertz CT molecular complexity index is 388. The maximum absolute atomic E-state index is 5.36. The average molecular weight is 239 g/mol. The Morgan fingerprint density at radius 2 is 1.75 bits per heavy atom. The summed E-state index contributed by atoms with van der Waals surface area (Å²) in [5.74, 6) is 0.957. The van der Waals surface area contributed by atoms with Gasteiger partial charge >= 0.3 is 0 Å². The van der Waals surface area contributed by atoms with Gasteiger partial charge in [-0.15, -0.1) is 0 Å². The summed E-state index contributed by atoms with van der Waals surface area (Å²) >= 11 is 4.65. The van der Waals surface area contributed by atoms with E-state index in [-0.39, 0.29) is 5.37 Å². The molecule has 2 nitrogen and oxygen atoms in total. The minimum atomic E-state index is 0.129. The van der Waals surface area contributed by atoms with E-state index in [0.717, 1.165) is 5.75 Å². The molecule has 0 amide bonds. The first-order valence-corrected chi connectivity index (χ1v) is 5.91. The van der Waals surface area contributed by atoms with Gasteiger partial charge in [0, 0.05) is 0 Å². The third-order valence-electron chi connectivity index (χ3n) is 3.08. The van der Waals surface area contributed by atoms with Gasteiger partial charge in [-0.1, -0.05) is 0 Å². The fourth-order valence-electron chi connectivity index (χ4n) is 1.93. The third-order valence-corrected chi connectivity index (χ3v) is 3.80. The summed E-state index contributed by atoms with van der Waals surface area (Å²) in [5.41, 5.74) is 4.98. The van der Waals surface area contributed by atoms with Crippen LogP contribution in [0.5, 0.6) is 5.75 Å². The molecule has 0 heterocycles. The van der Waals surface area contributed by atoms with E-state index in [2.05, 4.69) is 44.4 Å². The van der Waals surface area contributed by atoms with Gasteiger partial charge in [0.25, 0.3) is 0 Å². The molecule has 0 bridgehead atoms. The molecule has 0 N–H and O–H groups in total. The summed E-state index contributed by atoms with van der Waals surface area (Å²) in [6.45, 7) is 6.33. The van der Waals surface area contributed by atoms with Crippen molar-refractivity contribution >= 4 is 12.6 Å². The van der Waals surface area contributed by atoms with Gasteiger partial charge in [0.1, 0.15) is 5.75 Å². The first kappa shape index (κ1) is 13.4. The zero-order valence-corrected chi connectivity index (χ0v) is 11.9. The van der Waals surface area contributed by atoms with Crippen LogP contribution in [-0.2, 0) is 0 Å². The highest BCUT2D eigenvalue weighted by Gasteiger charge is 2.17. The number of aryl methyl sites for hydroxylation is 1. The van der Waals surface area contributed by atoms with Crippen molar-refractivity contribution in [2.75, 3.05) is 21.2 Å². The molecule has 0 aliphatic heterocycles. The lowest BCUT2D eigenvalue weighted by Gasteiger charge is -2.25. The fourth-order valence-corrected chi connectivity index (χ4v) is 2.33. The molecule has 0 spiro atoms. The van der Waals surface area contributed by atoms with Gasteiger partial charge in [-0.2, -0.15) is 12.6 Å². The van der Waals surface area contributed by atoms with Crippen molar-refractivity contribution in [3.8, 4) is 5.75 Å². The molecule has 0 saturated carbocycles. The first-order chi connectivity index (χ1) is 7.40. The summed E-state index contributed by atoms with van der Waals surface area (Å²) in [5, 5.41) is 0.129. The Kier molecular flexibility index (Phi) is 4.28. The van der Waals surface area contributed by atoms with E-state index in [9.17, 15) is 0 Å². The van der Waals surface area contributed by atoms with Gasteiger partial charge in [0.2, 0.25) is 0 Å². The SMILES string of the molecule is COc1cc(C)c(C(S)N(C)C)c(C)c1C. The van der Waals surface area contributed by atoms with Crippen LogP contribution in [0, 0.1) is 20.8 Å². The quantitative estimate of drug-likeness (QED) is 0.643. The molecule has 1 aromatic carbocycles. The third kappa shape index (κ3) is 2.36. The number of ether oxygens (including phenoxy) is 1. The number of rotatable bonds is 3. The molecule has 90 valence electrons. The lowest BCUT2D eigenvalue weighted by Crippen LogP contribution is -2.17. The molecule has 3 heteroatoms. The van der Waals surface area contributed by atoms with Crippen LogP contribution in [-0.4, -0.2) is 26.1 Å². The number of hydrogen-bond donors (Lipinski definition) is 1. The van der Waals surface area contributed by atoms with Crippen LogP contribution in [0.4, 0.5) is 0 Å². The van der Waals surface area contributed by atoms with E-state index < -0.39 is 0 Å². The Balaban J connectivity index is 3.36. The molecule has 0 fully saturated rings. The lowest BCUT2D eigenvalue weighted by molar-refractivity contribution is 0.388. The number of methoxy groups -OCH3 is 1. The van der Waals surface area contributed by atoms with E-state index in [0.29, 0.717) is 0 Å². The maximum atomic E-state index is 5.36. The Hall–Kier alpha value is -0.670. The summed E-state index contributed by atoms with van der Waals surface area (Å²) in [7, 11) is 5.79. The lowest BCUT2D eigenvalue weighted by atomic mass is 9.97. The molecule has 0 aromatic heterocycles. The maximum Gasteiger partial charge on any atom is 0.122 e. The molecule has 1 rings (SSSR count). The molecular weight excluding hydrogens is 218 g/mol. The highest BCUT2D eigenvalue weighted by molar-refractivity contribution is 7.80. The average Bonchev–Trinajstić information content (AvgIpc) is 2.23. The Morgan fingerprint density at radius 3 is 2.19 bits per heavy atom. The van der Waals surface area contributed by atoms with E-state index >= 15 is 0 Å². The van der Waals surface area contributed by atoms with Gasteiger partial charge in [-0.25, -0.2) is 0 Å². The second-order valence-corrected chi connectivity index (χ2v) is 4.89. The molecule has 0 aliphatic rings. The van der Waals surface area contributed by atoms with E-state index in [1.807, 2.05) is 14.1 Å². The van der Waals surface area contributed by atoms with Crippen molar-refractivity contribution < 1.29 is 4.74 Å². The van der Waals surface area contributed by atoms with E-state index in [4.69, 9.17) is 4.74 Å². The van der Waals surface area contributed by atoms with Gasteiger partial charge in [0.05, 0.1) is 12.5 Å². The van der Waals surface area contributed by atoms with Crippen LogP contribution in [0.1, 0.15) is 27.6 Å². The summed E-state index contributed by atoms with van der Waals surface area (Å²) in [4.78, 5) is 2.10. The molecule has 16 heavy (non-hydrogen) atoms. The molecule has 1 unspecified atom stereocenters. The zero-order valence-electron chi connectivity index (χ0n) is 11.0. The van der Waals surface area contributed by atoms with Gasteiger partial charge in [-0.3, -0.25) is 4.90 Å². The highest BCUT2D eigenvalue weighted by Crippen LogP contribution is 2.34. The molecular formula is C13H21NOS. The highest BCUT2D eigenvalue weighted by atomic mass is 32.1. The van der Waals surface area contributed by atoms with Crippen molar-refractivity contribution in [1.82, 2.24) is 4.90 Å². The van der Waals surface area contributed by atoms with E-state index in [1.54, 1.807) is 7.11 Å². The first-order valence-electron chi connectivity index (χ1n) is 5.39. The Morgan fingerprint density at radius 1 is 1.19 bits per heavy atom. The van der Waals surface area contributed by atoms with Crippen LogP contribution >= 0.6 is 12.6 Å². The molecule has 1 aromatic rings. The molecule has 0 radical (unpaired) electrons. The number of hydrogen-bond acceptors (Lipinski definition) is 3. The van der Waals surface area contributed by atoms with Gasteiger partial charge in [0.15, 0.2) is 0 Å².